The van der Waals surface area contributed by atoms with Gasteiger partial charge in [0.2, 0.25) is 5.91 Å². The predicted octanol–water partition coefficient (Wildman–Crippen LogP) is 3.34. The Labute approximate surface area is 142 Å². The topological polar surface area (TPSA) is 54.5 Å². The van der Waals surface area contributed by atoms with Crippen molar-refractivity contribution in [2.75, 3.05) is 29.9 Å². The van der Waals surface area contributed by atoms with Gasteiger partial charge in [-0.25, -0.2) is 0 Å². The van der Waals surface area contributed by atoms with Crippen molar-refractivity contribution in [2.45, 2.75) is 19.8 Å². The molecule has 0 saturated carbocycles. The van der Waals surface area contributed by atoms with Crippen molar-refractivity contribution in [2.24, 2.45) is 5.92 Å². The quantitative estimate of drug-likeness (QED) is 0.916. The van der Waals surface area contributed by atoms with Gasteiger partial charge in [0.1, 0.15) is 5.75 Å². The lowest BCUT2D eigenvalue weighted by molar-refractivity contribution is -0.114. The van der Waals surface area contributed by atoms with E-state index in [1.165, 1.54) is 12.6 Å². The summed E-state index contributed by atoms with van der Waals surface area (Å²) in [5.41, 5.74) is 1.97. The highest BCUT2D eigenvalue weighted by Crippen LogP contribution is 2.27. The molecule has 0 atom stereocenters. The molecule has 126 valence electrons. The lowest BCUT2D eigenvalue weighted by Crippen LogP contribution is -2.35. The Bertz CT molecular complexity index is 667. The number of nitrogens with one attached hydrogen (secondary N) is 1. The smallest absolute Gasteiger partial charge is 0.221 e. The minimum atomic E-state index is -0.0864. The molecule has 1 amide bonds. The number of carbonyl (C=O) groups is 1. The second-order valence-corrected chi connectivity index (χ2v) is 6.12. The normalized spacial score (nSPS) is 15.1. The lowest BCUT2D eigenvalue weighted by atomic mass is 9.97. The van der Waals surface area contributed by atoms with Gasteiger partial charge in [-0.3, -0.25) is 9.78 Å². The van der Waals surface area contributed by atoms with Crippen molar-refractivity contribution in [1.29, 1.82) is 0 Å². The summed E-state index contributed by atoms with van der Waals surface area (Å²) in [6.45, 7) is 4.25. The Hall–Kier alpha value is -2.56. The van der Waals surface area contributed by atoms with E-state index in [0.29, 0.717) is 12.5 Å². The molecule has 1 saturated heterocycles. The number of ether oxygens (including phenoxy) is 1. The van der Waals surface area contributed by atoms with Gasteiger partial charge in [0.15, 0.2) is 0 Å². The van der Waals surface area contributed by atoms with Crippen LogP contribution in [0.4, 0.5) is 11.4 Å². The summed E-state index contributed by atoms with van der Waals surface area (Å²) < 4.78 is 5.98. The number of anilines is 2. The van der Waals surface area contributed by atoms with Crippen LogP contribution in [0.25, 0.3) is 0 Å². The van der Waals surface area contributed by atoms with Crippen LogP contribution in [0.1, 0.15) is 19.8 Å². The van der Waals surface area contributed by atoms with Crippen LogP contribution in [-0.2, 0) is 4.79 Å². The Morgan fingerprint density at radius 2 is 1.92 bits per heavy atom. The van der Waals surface area contributed by atoms with Crippen molar-refractivity contribution in [3.63, 3.8) is 0 Å². The summed E-state index contributed by atoms with van der Waals surface area (Å²) in [5.74, 6) is 1.19. The summed E-state index contributed by atoms with van der Waals surface area (Å²) in [5, 5.41) is 2.81. The van der Waals surface area contributed by atoms with E-state index in [2.05, 4.69) is 27.3 Å². The maximum absolute atomic E-state index is 11.3. The fourth-order valence-electron chi connectivity index (χ4n) is 3.01. The third kappa shape index (κ3) is 4.25. The average Bonchev–Trinajstić information content (AvgIpc) is 2.62. The summed E-state index contributed by atoms with van der Waals surface area (Å²) in [6, 6.07) is 11.7. The van der Waals surface area contributed by atoms with Crippen molar-refractivity contribution < 1.29 is 9.53 Å². The second-order valence-electron chi connectivity index (χ2n) is 6.12. The SMILES string of the molecule is CC(=O)Nc1ccccc1OCC1CCN(c2ccncc2)CC1. The third-order valence-corrected chi connectivity index (χ3v) is 4.31. The Morgan fingerprint density at radius 3 is 2.62 bits per heavy atom. The van der Waals surface area contributed by atoms with E-state index in [9.17, 15) is 4.79 Å². The lowest BCUT2D eigenvalue weighted by Gasteiger charge is -2.33. The maximum Gasteiger partial charge on any atom is 0.221 e. The van der Waals surface area contributed by atoms with Crippen LogP contribution in [0, 0.1) is 5.92 Å². The van der Waals surface area contributed by atoms with Crippen LogP contribution in [-0.4, -0.2) is 30.6 Å². The number of amides is 1. The van der Waals surface area contributed by atoms with E-state index in [0.717, 1.165) is 37.4 Å². The van der Waals surface area contributed by atoms with Crippen LogP contribution in [0.15, 0.2) is 48.8 Å². The van der Waals surface area contributed by atoms with Gasteiger partial charge in [0.05, 0.1) is 12.3 Å². The van der Waals surface area contributed by atoms with Gasteiger partial charge >= 0.3 is 0 Å². The fraction of sp³-hybridized carbons (Fsp3) is 0.368. The molecule has 1 aliphatic heterocycles. The molecule has 1 aromatic heterocycles. The molecule has 2 heterocycles. The Kier molecular flexibility index (Phi) is 5.31. The summed E-state index contributed by atoms with van der Waals surface area (Å²) in [4.78, 5) is 17.7. The molecule has 5 heteroatoms. The van der Waals surface area contributed by atoms with E-state index in [-0.39, 0.29) is 5.91 Å². The average molecular weight is 325 g/mol. The number of benzene rings is 1. The Morgan fingerprint density at radius 1 is 1.21 bits per heavy atom. The van der Waals surface area contributed by atoms with Crippen molar-refractivity contribution in [3.05, 3.63) is 48.8 Å². The Balaban J connectivity index is 1.51. The van der Waals surface area contributed by atoms with Gasteiger partial charge < -0.3 is 15.0 Å². The summed E-state index contributed by atoms with van der Waals surface area (Å²) in [7, 11) is 0. The highest BCUT2D eigenvalue weighted by atomic mass is 16.5. The minimum Gasteiger partial charge on any atom is -0.491 e. The largest absolute Gasteiger partial charge is 0.491 e. The van der Waals surface area contributed by atoms with Crippen LogP contribution in [0.2, 0.25) is 0 Å². The molecule has 1 N–H and O–H groups in total. The molecule has 24 heavy (non-hydrogen) atoms. The van der Waals surface area contributed by atoms with Crippen LogP contribution in [0.5, 0.6) is 5.75 Å². The molecule has 0 radical (unpaired) electrons. The van der Waals surface area contributed by atoms with Gasteiger partial charge in [0, 0.05) is 38.1 Å². The van der Waals surface area contributed by atoms with Crippen molar-refractivity contribution >= 4 is 17.3 Å². The van der Waals surface area contributed by atoms with E-state index in [1.54, 1.807) is 0 Å². The molecule has 5 nitrogen and oxygen atoms in total. The van der Waals surface area contributed by atoms with E-state index >= 15 is 0 Å². The number of nitrogens with zero attached hydrogens (tertiary/aromatic N) is 2. The van der Waals surface area contributed by atoms with Gasteiger partial charge in [-0.1, -0.05) is 12.1 Å². The first-order valence-electron chi connectivity index (χ1n) is 8.37. The number of carbonyl (C=O) groups excluding carboxylic acids is 1. The molecule has 0 spiro atoms. The van der Waals surface area contributed by atoms with E-state index in [1.807, 2.05) is 36.7 Å². The van der Waals surface area contributed by atoms with Crippen LogP contribution in [0.3, 0.4) is 0 Å². The molecule has 0 aliphatic carbocycles. The molecule has 1 fully saturated rings. The molecule has 0 bridgehead atoms. The monoisotopic (exact) mass is 325 g/mol. The van der Waals surface area contributed by atoms with Gasteiger partial charge in [-0.15, -0.1) is 0 Å². The van der Waals surface area contributed by atoms with Crippen LogP contribution < -0.4 is 15.0 Å². The highest BCUT2D eigenvalue weighted by molar-refractivity contribution is 5.90. The standard InChI is InChI=1S/C19H23N3O2/c1-15(23)21-18-4-2-3-5-19(18)24-14-16-8-12-22(13-9-16)17-6-10-20-11-7-17/h2-7,10-11,16H,8-9,12-14H2,1H3,(H,21,23). The summed E-state index contributed by atoms with van der Waals surface area (Å²) >= 11 is 0. The number of aromatic nitrogens is 1. The number of pyridine rings is 1. The molecule has 0 unspecified atom stereocenters. The van der Waals surface area contributed by atoms with Crippen molar-refractivity contribution in [1.82, 2.24) is 4.98 Å². The van der Waals surface area contributed by atoms with E-state index in [4.69, 9.17) is 4.74 Å². The molecular formula is C19H23N3O2. The first-order valence-corrected chi connectivity index (χ1v) is 8.37. The first-order chi connectivity index (χ1) is 11.7. The molecule has 1 aromatic carbocycles. The third-order valence-electron chi connectivity index (χ3n) is 4.31. The number of hydrogen-bond acceptors (Lipinski definition) is 4. The zero-order valence-electron chi connectivity index (χ0n) is 13.9. The minimum absolute atomic E-state index is 0.0864. The first kappa shape index (κ1) is 16.3. The molecule has 2 aromatic rings. The molecule has 1 aliphatic rings. The number of hydrogen-bond donors (Lipinski definition) is 1. The fourth-order valence-corrected chi connectivity index (χ4v) is 3.01. The molecular weight excluding hydrogens is 302 g/mol. The van der Waals surface area contributed by atoms with Gasteiger partial charge in [-0.05, 0) is 43.0 Å². The molecule has 3 rings (SSSR count). The maximum atomic E-state index is 11.3. The zero-order valence-corrected chi connectivity index (χ0v) is 13.9. The van der Waals surface area contributed by atoms with Gasteiger partial charge in [0.25, 0.3) is 0 Å². The highest BCUT2D eigenvalue weighted by Gasteiger charge is 2.20. The van der Waals surface area contributed by atoms with E-state index < -0.39 is 0 Å². The predicted molar refractivity (Wildman–Crippen MR) is 95.4 cm³/mol. The number of rotatable bonds is 5. The zero-order chi connectivity index (χ0) is 16.8. The van der Waals surface area contributed by atoms with Crippen molar-refractivity contribution in [3.8, 4) is 5.75 Å². The van der Waals surface area contributed by atoms with Gasteiger partial charge in [-0.2, -0.15) is 0 Å². The second kappa shape index (κ2) is 7.81. The van der Waals surface area contributed by atoms with Crippen LogP contribution >= 0.6 is 0 Å². The number of piperidine rings is 1. The summed E-state index contributed by atoms with van der Waals surface area (Å²) in [6.07, 6.45) is 5.88. The number of para-hydroxylation sites is 2.